The van der Waals surface area contributed by atoms with Crippen molar-refractivity contribution >= 4 is 0 Å². The quantitative estimate of drug-likeness (QED) is 0.749. The Morgan fingerprint density at radius 3 is 2.77 bits per heavy atom. The molecule has 13 heavy (non-hydrogen) atoms. The molecule has 1 unspecified atom stereocenters. The Bertz CT molecular complexity index is 238. The second kappa shape index (κ2) is 4.89. The fraction of sp³-hybridized carbons (Fsp3) is 0.556. The van der Waals surface area contributed by atoms with Gasteiger partial charge in [-0.05, 0) is 25.5 Å². The van der Waals surface area contributed by atoms with Crippen LogP contribution in [0.25, 0.3) is 0 Å². The summed E-state index contributed by atoms with van der Waals surface area (Å²) in [5, 5.41) is 7.42. The van der Waals surface area contributed by atoms with E-state index in [1.54, 1.807) is 12.4 Å². The predicted octanol–water partition coefficient (Wildman–Crippen LogP) is 0.901. The Balaban J connectivity index is 2.44. The summed E-state index contributed by atoms with van der Waals surface area (Å²) in [6, 6.07) is 1.74. The van der Waals surface area contributed by atoms with Gasteiger partial charge in [0.1, 0.15) is 0 Å². The van der Waals surface area contributed by atoms with E-state index in [-0.39, 0.29) is 12.1 Å². The van der Waals surface area contributed by atoms with Crippen molar-refractivity contribution in [1.29, 1.82) is 0 Å². The van der Waals surface area contributed by atoms with E-state index in [1.165, 1.54) is 0 Å². The molecule has 1 heterocycles. The monoisotopic (exact) mass is 181 g/mol. The molecule has 2 N–H and O–H groups in total. The summed E-state index contributed by atoms with van der Waals surface area (Å²) in [7, 11) is 0. The lowest BCUT2D eigenvalue weighted by Gasteiger charge is -2.13. The number of nitrogens with zero attached hydrogens (tertiary/aromatic N) is 2. The van der Waals surface area contributed by atoms with E-state index in [1.807, 2.05) is 19.9 Å². The second-order valence-electron chi connectivity index (χ2n) is 3.16. The van der Waals surface area contributed by atoms with Crippen LogP contribution in [0.2, 0.25) is 0 Å². The molecule has 4 nitrogen and oxygen atoms in total. The lowest BCUT2D eigenvalue weighted by molar-refractivity contribution is 0.0682. The lowest BCUT2D eigenvalue weighted by atomic mass is 10.1. The zero-order valence-electron chi connectivity index (χ0n) is 7.97. The van der Waals surface area contributed by atoms with Gasteiger partial charge in [-0.1, -0.05) is 0 Å². The lowest BCUT2D eigenvalue weighted by Crippen LogP contribution is -2.19. The van der Waals surface area contributed by atoms with Crippen LogP contribution in [-0.2, 0) is 4.74 Å². The van der Waals surface area contributed by atoms with Gasteiger partial charge < -0.3 is 10.5 Å². The van der Waals surface area contributed by atoms with E-state index in [0.29, 0.717) is 6.61 Å². The molecule has 1 rings (SSSR count). The largest absolute Gasteiger partial charge is 0.377 e. The van der Waals surface area contributed by atoms with Gasteiger partial charge in [0.05, 0.1) is 24.9 Å². The first-order valence-electron chi connectivity index (χ1n) is 4.34. The molecule has 0 amide bonds. The van der Waals surface area contributed by atoms with E-state index in [2.05, 4.69) is 10.2 Å². The molecule has 0 aromatic carbocycles. The van der Waals surface area contributed by atoms with Crippen molar-refractivity contribution in [1.82, 2.24) is 10.2 Å². The van der Waals surface area contributed by atoms with E-state index in [4.69, 9.17) is 10.5 Å². The summed E-state index contributed by atoms with van der Waals surface area (Å²) in [4.78, 5) is 0. The van der Waals surface area contributed by atoms with Crippen molar-refractivity contribution in [2.24, 2.45) is 5.73 Å². The van der Waals surface area contributed by atoms with Crippen LogP contribution in [0.3, 0.4) is 0 Å². The third-order valence-corrected chi connectivity index (χ3v) is 1.64. The molecule has 0 aliphatic carbocycles. The molecule has 0 fully saturated rings. The van der Waals surface area contributed by atoms with Crippen molar-refractivity contribution in [3.63, 3.8) is 0 Å². The fourth-order valence-corrected chi connectivity index (χ4v) is 0.913. The topological polar surface area (TPSA) is 61.0 Å². The normalized spacial score (nSPS) is 13.2. The third kappa shape index (κ3) is 3.48. The molecule has 0 bridgehead atoms. The van der Waals surface area contributed by atoms with Gasteiger partial charge in [0.2, 0.25) is 0 Å². The number of aromatic nitrogens is 2. The molecule has 72 valence electrons. The minimum atomic E-state index is -0.113. The first-order valence-corrected chi connectivity index (χ1v) is 4.34. The zero-order chi connectivity index (χ0) is 9.68. The van der Waals surface area contributed by atoms with Crippen LogP contribution in [0.1, 0.15) is 25.5 Å². The smallest absolute Gasteiger partial charge is 0.0663 e. The Morgan fingerprint density at radius 1 is 1.46 bits per heavy atom. The maximum absolute atomic E-state index is 5.85. The summed E-state index contributed by atoms with van der Waals surface area (Å²) >= 11 is 0. The maximum atomic E-state index is 5.85. The number of nitrogens with two attached hydrogens (primary N) is 1. The van der Waals surface area contributed by atoms with Crippen LogP contribution in [-0.4, -0.2) is 22.9 Å². The molecule has 0 saturated carbocycles. The molecule has 4 heteroatoms. The average molecular weight is 181 g/mol. The van der Waals surface area contributed by atoms with E-state index in [0.717, 1.165) is 5.56 Å². The highest BCUT2D eigenvalue weighted by atomic mass is 16.5. The molecular weight excluding hydrogens is 166 g/mol. The standard InChI is InChI=1S/C9H15N3O/c1-7(2)13-6-9(10)8-3-4-11-12-5-8/h3-5,7,9H,6,10H2,1-2H3. The van der Waals surface area contributed by atoms with Gasteiger partial charge in [0.15, 0.2) is 0 Å². The van der Waals surface area contributed by atoms with E-state index >= 15 is 0 Å². The van der Waals surface area contributed by atoms with Gasteiger partial charge >= 0.3 is 0 Å². The van der Waals surface area contributed by atoms with Crippen molar-refractivity contribution in [2.45, 2.75) is 26.0 Å². The van der Waals surface area contributed by atoms with Crippen LogP contribution >= 0.6 is 0 Å². The van der Waals surface area contributed by atoms with Crippen LogP contribution in [0.4, 0.5) is 0 Å². The summed E-state index contributed by atoms with van der Waals surface area (Å²) in [6.45, 7) is 4.48. The van der Waals surface area contributed by atoms with Crippen LogP contribution in [0.5, 0.6) is 0 Å². The summed E-state index contributed by atoms with van der Waals surface area (Å²) < 4.78 is 5.38. The third-order valence-electron chi connectivity index (χ3n) is 1.64. The highest BCUT2D eigenvalue weighted by Gasteiger charge is 2.06. The molecule has 0 saturated heterocycles. The van der Waals surface area contributed by atoms with Gasteiger partial charge in [0.25, 0.3) is 0 Å². The van der Waals surface area contributed by atoms with Gasteiger partial charge in [-0.15, -0.1) is 0 Å². The van der Waals surface area contributed by atoms with Gasteiger partial charge in [-0.3, -0.25) is 0 Å². The number of hydrogen-bond donors (Lipinski definition) is 1. The van der Waals surface area contributed by atoms with Crippen molar-refractivity contribution in [2.75, 3.05) is 6.61 Å². The Kier molecular flexibility index (Phi) is 3.79. The Labute approximate surface area is 78.1 Å². The summed E-state index contributed by atoms with van der Waals surface area (Å²) in [5.41, 5.74) is 6.80. The second-order valence-corrected chi connectivity index (χ2v) is 3.16. The molecule has 0 aliphatic rings. The number of rotatable bonds is 4. The highest BCUT2D eigenvalue weighted by molar-refractivity contribution is 5.10. The average Bonchev–Trinajstić information content (AvgIpc) is 2.15. The van der Waals surface area contributed by atoms with Crippen molar-refractivity contribution < 1.29 is 4.74 Å². The van der Waals surface area contributed by atoms with Crippen molar-refractivity contribution in [3.05, 3.63) is 24.0 Å². The fourth-order valence-electron chi connectivity index (χ4n) is 0.913. The van der Waals surface area contributed by atoms with Crippen LogP contribution in [0.15, 0.2) is 18.5 Å². The molecular formula is C9H15N3O. The van der Waals surface area contributed by atoms with Gasteiger partial charge in [-0.2, -0.15) is 10.2 Å². The SMILES string of the molecule is CC(C)OCC(N)c1ccnnc1. The molecule has 0 spiro atoms. The van der Waals surface area contributed by atoms with Gasteiger partial charge in [-0.25, -0.2) is 0 Å². The molecule has 1 aromatic rings. The summed E-state index contributed by atoms with van der Waals surface area (Å²) in [6.07, 6.45) is 3.50. The van der Waals surface area contributed by atoms with Gasteiger partial charge in [0, 0.05) is 6.20 Å². The minimum Gasteiger partial charge on any atom is -0.377 e. The van der Waals surface area contributed by atoms with Crippen LogP contribution < -0.4 is 5.73 Å². The first kappa shape index (κ1) is 10.1. The summed E-state index contributed by atoms with van der Waals surface area (Å²) in [5.74, 6) is 0. The zero-order valence-corrected chi connectivity index (χ0v) is 7.97. The molecule has 0 radical (unpaired) electrons. The van der Waals surface area contributed by atoms with Crippen molar-refractivity contribution in [3.8, 4) is 0 Å². The number of ether oxygens (including phenoxy) is 1. The Hall–Kier alpha value is -1.00. The van der Waals surface area contributed by atoms with Crippen LogP contribution in [0, 0.1) is 0 Å². The highest BCUT2D eigenvalue weighted by Crippen LogP contribution is 2.08. The molecule has 1 atom stereocenters. The predicted molar refractivity (Wildman–Crippen MR) is 50.0 cm³/mol. The van der Waals surface area contributed by atoms with E-state index < -0.39 is 0 Å². The Morgan fingerprint density at radius 2 is 2.23 bits per heavy atom. The minimum absolute atomic E-state index is 0.113. The number of hydrogen-bond acceptors (Lipinski definition) is 4. The molecule has 0 aliphatic heterocycles. The first-order chi connectivity index (χ1) is 6.20. The molecule has 1 aromatic heterocycles. The van der Waals surface area contributed by atoms with E-state index in [9.17, 15) is 0 Å². The maximum Gasteiger partial charge on any atom is 0.0663 e.